The molecule has 0 bridgehead atoms. The molecule has 2 aromatic carbocycles. The standard InChI is InChI=1S/C19H21NO6/c1-12-16(23-2)8-13(9-17(12)24-3)19(22)20-14-6-5-7-15(10-14)26-11-18(21)25-4/h5-10H,11H2,1-4H3,(H,20,22). The highest BCUT2D eigenvalue weighted by Gasteiger charge is 2.14. The Bertz CT molecular complexity index is 777. The van der Waals surface area contributed by atoms with E-state index in [1.807, 2.05) is 6.92 Å². The van der Waals surface area contributed by atoms with Crippen molar-refractivity contribution in [3.05, 3.63) is 47.5 Å². The molecule has 0 aliphatic heterocycles. The number of methoxy groups -OCH3 is 3. The van der Waals surface area contributed by atoms with Crippen LogP contribution in [0.1, 0.15) is 15.9 Å². The van der Waals surface area contributed by atoms with Gasteiger partial charge in [-0.1, -0.05) is 6.07 Å². The first-order valence-corrected chi connectivity index (χ1v) is 7.82. The molecule has 0 unspecified atom stereocenters. The van der Waals surface area contributed by atoms with Crippen molar-refractivity contribution in [2.45, 2.75) is 6.92 Å². The molecule has 2 rings (SSSR count). The van der Waals surface area contributed by atoms with E-state index in [2.05, 4.69) is 10.1 Å². The number of hydrogen-bond acceptors (Lipinski definition) is 6. The van der Waals surface area contributed by atoms with Crippen molar-refractivity contribution in [1.82, 2.24) is 0 Å². The molecule has 0 aliphatic rings. The first-order chi connectivity index (χ1) is 12.5. The van der Waals surface area contributed by atoms with E-state index in [1.165, 1.54) is 21.3 Å². The minimum absolute atomic E-state index is 0.208. The van der Waals surface area contributed by atoms with Gasteiger partial charge in [0.15, 0.2) is 6.61 Å². The predicted molar refractivity (Wildman–Crippen MR) is 96.2 cm³/mol. The lowest BCUT2D eigenvalue weighted by atomic mass is 10.1. The third-order valence-electron chi connectivity index (χ3n) is 3.69. The molecule has 7 nitrogen and oxygen atoms in total. The number of carbonyl (C=O) groups is 2. The van der Waals surface area contributed by atoms with Crippen molar-refractivity contribution in [1.29, 1.82) is 0 Å². The molecule has 0 aliphatic carbocycles. The summed E-state index contributed by atoms with van der Waals surface area (Å²) >= 11 is 0. The van der Waals surface area contributed by atoms with E-state index < -0.39 is 5.97 Å². The Morgan fingerprint density at radius 2 is 1.65 bits per heavy atom. The molecule has 1 N–H and O–H groups in total. The predicted octanol–water partition coefficient (Wildman–Crippen LogP) is 2.82. The third kappa shape index (κ3) is 4.66. The van der Waals surface area contributed by atoms with E-state index in [-0.39, 0.29) is 12.5 Å². The van der Waals surface area contributed by atoms with Crippen molar-refractivity contribution in [2.75, 3.05) is 33.3 Å². The summed E-state index contributed by atoms with van der Waals surface area (Å²) in [6.07, 6.45) is 0. The summed E-state index contributed by atoms with van der Waals surface area (Å²) in [6, 6.07) is 10.00. The van der Waals surface area contributed by atoms with Crippen LogP contribution in [0.15, 0.2) is 36.4 Å². The molecular weight excluding hydrogens is 338 g/mol. The highest BCUT2D eigenvalue weighted by atomic mass is 16.6. The number of ether oxygens (including phenoxy) is 4. The van der Waals surface area contributed by atoms with Crippen LogP contribution in [-0.4, -0.2) is 39.8 Å². The van der Waals surface area contributed by atoms with Gasteiger partial charge in [-0.15, -0.1) is 0 Å². The Kier molecular flexibility index (Phi) is 6.43. The summed E-state index contributed by atoms with van der Waals surface area (Å²) in [5.74, 6) is 0.742. The van der Waals surface area contributed by atoms with Gasteiger partial charge in [0.05, 0.1) is 21.3 Å². The molecule has 0 spiro atoms. The van der Waals surface area contributed by atoms with Gasteiger partial charge in [0.1, 0.15) is 17.2 Å². The Labute approximate surface area is 151 Å². The topological polar surface area (TPSA) is 83.1 Å². The quantitative estimate of drug-likeness (QED) is 0.766. The van der Waals surface area contributed by atoms with Gasteiger partial charge in [0.25, 0.3) is 5.91 Å². The second-order valence-corrected chi connectivity index (χ2v) is 5.35. The average Bonchev–Trinajstić information content (AvgIpc) is 2.66. The van der Waals surface area contributed by atoms with E-state index in [0.717, 1.165) is 5.56 Å². The largest absolute Gasteiger partial charge is 0.496 e. The minimum atomic E-state index is -0.488. The number of carbonyl (C=O) groups excluding carboxylic acids is 2. The molecule has 7 heteroatoms. The van der Waals surface area contributed by atoms with Crippen molar-refractivity contribution in [2.24, 2.45) is 0 Å². The zero-order valence-electron chi connectivity index (χ0n) is 15.1. The average molecular weight is 359 g/mol. The number of rotatable bonds is 7. The monoisotopic (exact) mass is 359 g/mol. The van der Waals surface area contributed by atoms with Crippen LogP contribution in [0, 0.1) is 6.92 Å². The lowest BCUT2D eigenvalue weighted by molar-refractivity contribution is -0.142. The van der Waals surface area contributed by atoms with E-state index in [0.29, 0.717) is 28.5 Å². The SMILES string of the molecule is COC(=O)COc1cccc(NC(=O)c2cc(OC)c(C)c(OC)c2)c1. The smallest absolute Gasteiger partial charge is 0.343 e. The summed E-state index contributed by atoms with van der Waals surface area (Å²) in [5.41, 5.74) is 1.73. The number of amides is 1. The van der Waals surface area contributed by atoms with Gasteiger partial charge in [-0.05, 0) is 31.2 Å². The fourth-order valence-corrected chi connectivity index (χ4v) is 2.29. The van der Waals surface area contributed by atoms with Gasteiger partial charge < -0.3 is 24.3 Å². The zero-order valence-corrected chi connectivity index (χ0v) is 15.1. The molecule has 0 radical (unpaired) electrons. The number of hydrogen-bond donors (Lipinski definition) is 1. The van der Waals surface area contributed by atoms with Crippen molar-refractivity contribution >= 4 is 17.6 Å². The van der Waals surface area contributed by atoms with Gasteiger partial charge in [-0.2, -0.15) is 0 Å². The minimum Gasteiger partial charge on any atom is -0.496 e. The molecule has 0 aromatic heterocycles. The van der Waals surface area contributed by atoms with Crippen LogP contribution in [0.3, 0.4) is 0 Å². The van der Waals surface area contributed by atoms with E-state index in [9.17, 15) is 9.59 Å². The third-order valence-corrected chi connectivity index (χ3v) is 3.69. The van der Waals surface area contributed by atoms with Crippen molar-refractivity contribution in [3.63, 3.8) is 0 Å². The van der Waals surface area contributed by atoms with E-state index >= 15 is 0 Å². The molecule has 0 fully saturated rings. The second-order valence-electron chi connectivity index (χ2n) is 5.35. The van der Waals surface area contributed by atoms with Gasteiger partial charge in [0.2, 0.25) is 0 Å². The van der Waals surface area contributed by atoms with Crippen LogP contribution in [-0.2, 0) is 9.53 Å². The maximum absolute atomic E-state index is 12.5. The molecule has 26 heavy (non-hydrogen) atoms. The van der Waals surface area contributed by atoms with Crippen LogP contribution in [0.2, 0.25) is 0 Å². The first-order valence-electron chi connectivity index (χ1n) is 7.82. The normalized spacial score (nSPS) is 10.0. The maximum atomic E-state index is 12.5. The van der Waals surface area contributed by atoms with Crippen LogP contribution in [0.5, 0.6) is 17.2 Å². The van der Waals surface area contributed by atoms with Crippen LogP contribution < -0.4 is 19.5 Å². The Hall–Kier alpha value is -3.22. The van der Waals surface area contributed by atoms with E-state index in [4.69, 9.17) is 14.2 Å². The van der Waals surface area contributed by atoms with Gasteiger partial charge in [-0.25, -0.2) is 4.79 Å². The Morgan fingerprint density at radius 3 is 2.23 bits per heavy atom. The number of esters is 1. The summed E-state index contributed by atoms with van der Waals surface area (Å²) in [6.45, 7) is 1.64. The molecular formula is C19H21NO6. The van der Waals surface area contributed by atoms with Crippen LogP contribution in [0.4, 0.5) is 5.69 Å². The fourth-order valence-electron chi connectivity index (χ4n) is 2.29. The van der Waals surface area contributed by atoms with E-state index in [1.54, 1.807) is 36.4 Å². The molecule has 0 atom stereocenters. The van der Waals surface area contributed by atoms with Gasteiger partial charge >= 0.3 is 5.97 Å². The summed E-state index contributed by atoms with van der Waals surface area (Å²) in [7, 11) is 4.35. The maximum Gasteiger partial charge on any atom is 0.343 e. The highest BCUT2D eigenvalue weighted by molar-refractivity contribution is 6.05. The molecule has 2 aromatic rings. The number of anilines is 1. The Balaban J connectivity index is 2.16. The molecule has 1 amide bonds. The number of nitrogens with one attached hydrogen (secondary N) is 1. The molecule has 0 heterocycles. The first kappa shape index (κ1) is 19.1. The molecule has 138 valence electrons. The van der Waals surface area contributed by atoms with Gasteiger partial charge in [0, 0.05) is 22.9 Å². The molecule has 0 saturated carbocycles. The second kappa shape index (κ2) is 8.75. The number of benzene rings is 2. The summed E-state index contributed by atoms with van der Waals surface area (Å²) < 4.78 is 20.4. The van der Waals surface area contributed by atoms with Crippen molar-refractivity contribution < 1.29 is 28.5 Å². The summed E-state index contributed by atoms with van der Waals surface area (Å²) in [4.78, 5) is 23.7. The van der Waals surface area contributed by atoms with Crippen molar-refractivity contribution in [3.8, 4) is 17.2 Å². The van der Waals surface area contributed by atoms with Crippen LogP contribution >= 0.6 is 0 Å². The van der Waals surface area contributed by atoms with Crippen LogP contribution in [0.25, 0.3) is 0 Å². The summed E-state index contributed by atoms with van der Waals surface area (Å²) in [5, 5.41) is 2.78. The Morgan fingerprint density at radius 1 is 1.00 bits per heavy atom. The van der Waals surface area contributed by atoms with Gasteiger partial charge in [-0.3, -0.25) is 4.79 Å². The fraction of sp³-hybridized carbons (Fsp3) is 0.263. The lowest BCUT2D eigenvalue weighted by Crippen LogP contribution is -2.14. The zero-order chi connectivity index (χ0) is 19.1. The highest BCUT2D eigenvalue weighted by Crippen LogP contribution is 2.30. The molecule has 0 saturated heterocycles. The lowest BCUT2D eigenvalue weighted by Gasteiger charge is -2.13.